The van der Waals surface area contributed by atoms with Gasteiger partial charge < -0.3 is 5.32 Å². The van der Waals surface area contributed by atoms with Gasteiger partial charge in [0.25, 0.3) is 5.91 Å². The van der Waals surface area contributed by atoms with E-state index in [1.165, 1.54) is 18.2 Å². The van der Waals surface area contributed by atoms with Crippen LogP contribution in [0.15, 0.2) is 30.0 Å². The smallest absolute Gasteiger partial charge is 0.303 e. The van der Waals surface area contributed by atoms with Crippen LogP contribution in [0.5, 0.6) is 0 Å². The Hall–Kier alpha value is -2.31. The maximum Gasteiger partial charge on any atom is 0.416 e. The third kappa shape index (κ3) is 2.50. The van der Waals surface area contributed by atoms with Crippen molar-refractivity contribution >= 4 is 18.0 Å². The summed E-state index contributed by atoms with van der Waals surface area (Å²) >= 11 is 0. The zero-order valence-electron chi connectivity index (χ0n) is 8.84. The number of rotatable bonds is 1. The lowest BCUT2D eigenvalue weighted by Crippen LogP contribution is -2.22. The Labute approximate surface area is 99.5 Å². The third-order valence-corrected chi connectivity index (χ3v) is 2.27. The average molecular weight is 256 g/mol. The fraction of sp³-hybridized carbons (Fsp3) is 0.0909. The van der Waals surface area contributed by atoms with Crippen molar-refractivity contribution in [3.8, 4) is 0 Å². The van der Waals surface area contributed by atoms with Crippen molar-refractivity contribution in [1.29, 1.82) is 0 Å². The summed E-state index contributed by atoms with van der Waals surface area (Å²) in [4.78, 5) is 22.0. The Morgan fingerprint density at radius 2 is 1.61 bits per heavy atom. The molecule has 1 aromatic rings. The molecule has 1 saturated heterocycles. The summed E-state index contributed by atoms with van der Waals surface area (Å²) in [5, 5.41) is 4.22. The summed E-state index contributed by atoms with van der Waals surface area (Å²) in [6.45, 7) is 0. The van der Waals surface area contributed by atoms with Crippen LogP contribution in [-0.4, -0.2) is 11.9 Å². The number of amides is 3. The number of carbonyl (C=O) groups is 2. The molecule has 0 atom stereocenters. The van der Waals surface area contributed by atoms with Gasteiger partial charge in [-0.3, -0.25) is 10.1 Å². The minimum Gasteiger partial charge on any atom is -0.303 e. The molecule has 0 unspecified atom stereocenters. The first-order chi connectivity index (χ1) is 8.36. The summed E-state index contributed by atoms with van der Waals surface area (Å²) in [6, 6.07) is 3.58. The van der Waals surface area contributed by atoms with Crippen molar-refractivity contribution in [3.05, 3.63) is 41.1 Å². The van der Waals surface area contributed by atoms with E-state index in [1.54, 1.807) is 0 Å². The first-order valence-corrected chi connectivity index (χ1v) is 4.87. The maximum atomic E-state index is 12.3. The van der Waals surface area contributed by atoms with Crippen LogP contribution in [0.1, 0.15) is 11.1 Å². The molecular weight excluding hydrogens is 249 g/mol. The number of nitrogens with one attached hydrogen (secondary N) is 2. The van der Waals surface area contributed by atoms with Crippen molar-refractivity contribution in [2.75, 3.05) is 0 Å². The number of benzene rings is 1. The van der Waals surface area contributed by atoms with Gasteiger partial charge in [-0.2, -0.15) is 13.2 Å². The van der Waals surface area contributed by atoms with Crippen LogP contribution in [0.2, 0.25) is 0 Å². The van der Waals surface area contributed by atoms with E-state index in [2.05, 4.69) is 5.32 Å². The molecule has 0 saturated carbocycles. The van der Waals surface area contributed by atoms with E-state index in [-0.39, 0.29) is 5.70 Å². The summed E-state index contributed by atoms with van der Waals surface area (Å²) in [5.74, 6) is -0.611. The Morgan fingerprint density at radius 1 is 1.00 bits per heavy atom. The van der Waals surface area contributed by atoms with Crippen LogP contribution in [0.3, 0.4) is 0 Å². The third-order valence-electron chi connectivity index (χ3n) is 2.27. The molecule has 0 bridgehead atoms. The van der Waals surface area contributed by atoms with Crippen molar-refractivity contribution in [3.63, 3.8) is 0 Å². The van der Waals surface area contributed by atoms with Crippen LogP contribution >= 0.6 is 0 Å². The molecule has 1 fully saturated rings. The molecule has 7 heteroatoms. The number of halogens is 3. The molecule has 0 aliphatic carbocycles. The normalized spacial score (nSPS) is 17.8. The topological polar surface area (TPSA) is 58.2 Å². The summed E-state index contributed by atoms with van der Waals surface area (Å²) in [6.07, 6.45) is -3.11. The average Bonchev–Trinajstić information content (AvgIpc) is 2.57. The molecule has 3 amide bonds. The molecule has 1 heterocycles. The zero-order chi connectivity index (χ0) is 13.3. The quantitative estimate of drug-likeness (QED) is 0.595. The van der Waals surface area contributed by atoms with E-state index in [9.17, 15) is 22.8 Å². The van der Waals surface area contributed by atoms with Crippen molar-refractivity contribution in [2.24, 2.45) is 0 Å². The Bertz CT molecular complexity index is 532. The van der Waals surface area contributed by atoms with Gasteiger partial charge in [-0.05, 0) is 23.8 Å². The molecule has 2 rings (SSSR count). The van der Waals surface area contributed by atoms with Gasteiger partial charge in [0.05, 0.1) is 5.56 Å². The van der Waals surface area contributed by atoms with Crippen molar-refractivity contribution < 1.29 is 22.8 Å². The SMILES string of the molecule is O=C1NC(=O)/C(=C\c2ccc(C(F)(F)F)cc2)N1. The maximum absolute atomic E-state index is 12.3. The molecule has 1 aliphatic rings. The molecule has 94 valence electrons. The van der Waals surface area contributed by atoms with Gasteiger partial charge >= 0.3 is 12.2 Å². The monoisotopic (exact) mass is 256 g/mol. The second-order valence-corrected chi connectivity index (χ2v) is 3.59. The predicted molar refractivity (Wildman–Crippen MR) is 56.1 cm³/mol. The predicted octanol–water partition coefficient (Wildman–Crippen LogP) is 1.89. The Kier molecular flexibility index (Phi) is 2.82. The molecule has 1 aliphatic heterocycles. The van der Waals surface area contributed by atoms with Gasteiger partial charge in [-0.25, -0.2) is 4.79 Å². The van der Waals surface area contributed by atoms with E-state index in [4.69, 9.17) is 0 Å². The van der Waals surface area contributed by atoms with Gasteiger partial charge in [0.2, 0.25) is 0 Å². The molecule has 0 aromatic heterocycles. The van der Waals surface area contributed by atoms with Crippen LogP contribution in [0.25, 0.3) is 6.08 Å². The highest BCUT2D eigenvalue weighted by atomic mass is 19.4. The Balaban J connectivity index is 2.24. The number of hydrogen-bond acceptors (Lipinski definition) is 2. The zero-order valence-corrected chi connectivity index (χ0v) is 8.84. The first-order valence-electron chi connectivity index (χ1n) is 4.87. The lowest BCUT2D eigenvalue weighted by molar-refractivity contribution is -0.137. The minimum atomic E-state index is -4.40. The van der Waals surface area contributed by atoms with Crippen LogP contribution < -0.4 is 10.6 Å². The van der Waals surface area contributed by atoms with Crippen molar-refractivity contribution in [2.45, 2.75) is 6.18 Å². The molecule has 0 radical (unpaired) electrons. The fourth-order valence-electron chi connectivity index (χ4n) is 1.42. The van der Waals surface area contributed by atoms with Gasteiger partial charge in [-0.1, -0.05) is 12.1 Å². The highest BCUT2D eigenvalue weighted by Gasteiger charge is 2.30. The Morgan fingerprint density at radius 3 is 2.06 bits per heavy atom. The molecule has 18 heavy (non-hydrogen) atoms. The number of urea groups is 1. The number of alkyl halides is 3. The minimum absolute atomic E-state index is 0.000223. The lowest BCUT2D eigenvalue weighted by Gasteiger charge is -2.06. The van der Waals surface area contributed by atoms with Crippen LogP contribution in [-0.2, 0) is 11.0 Å². The largest absolute Gasteiger partial charge is 0.416 e. The lowest BCUT2D eigenvalue weighted by atomic mass is 10.1. The van der Waals surface area contributed by atoms with Gasteiger partial charge in [0, 0.05) is 0 Å². The first kappa shape index (κ1) is 12.2. The molecule has 1 aromatic carbocycles. The van der Waals surface area contributed by atoms with E-state index >= 15 is 0 Å². The number of imide groups is 1. The number of hydrogen-bond donors (Lipinski definition) is 2. The fourth-order valence-corrected chi connectivity index (χ4v) is 1.42. The highest BCUT2D eigenvalue weighted by molar-refractivity contribution is 6.13. The second kappa shape index (κ2) is 4.17. The number of carbonyl (C=O) groups excluding carboxylic acids is 2. The van der Waals surface area contributed by atoms with Gasteiger partial charge in [-0.15, -0.1) is 0 Å². The van der Waals surface area contributed by atoms with Crippen molar-refractivity contribution in [1.82, 2.24) is 10.6 Å². The van der Waals surface area contributed by atoms with E-state index in [1.807, 2.05) is 5.32 Å². The summed E-state index contributed by atoms with van der Waals surface area (Å²) < 4.78 is 36.9. The van der Waals surface area contributed by atoms with Gasteiger partial charge in [0.1, 0.15) is 5.70 Å². The molecular formula is C11H7F3N2O2. The second-order valence-electron chi connectivity index (χ2n) is 3.59. The highest BCUT2D eigenvalue weighted by Crippen LogP contribution is 2.29. The molecule has 0 spiro atoms. The summed E-state index contributed by atoms with van der Waals surface area (Å²) in [5.41, 5.74) is -0.389. The summed E-state index contributed by atoms with van der Waals surface area (Å²) in [7, 11) is 0. The van der Waals surface area contributed by atoms with Crippen LogP contribution in [0, 0.1) is 0 Å². The van der Waals surface area contributed by atoms with E-state index in [0.29, 0.717) is 5.56 Å². The molecule has 4 nitrogen and oxygen atoms in total. The standard InChI is InChI=1S/C11H7F3N2O2/c12-11(13,14)7-3-1-6(2-4-7)5-8-9(17)16-10(18)15-8/h1-5H,(H2,15,16,17,18)/b8-5+. The van der Waals surface area contributed by atoms with E-state index in [0.717, 1.165) is 12.1 Å². The van der Waals surface area contributed by atoms with Gasteiger partial charge in [0.15, 0.2) is 0 Å². The van der Waals surface area contributed by atoms with E-state index < -0.39 is 23.7 Å². The molecule has 2 N–H and O–H groups in total. The van der Waals surface area contributed by atoms with Crippen LogP contribution in [0.4, 0.5) is 18.0 Å².